The number of benzene rings is 1. The molecule has 1 atom stereocenters. The minimum absolute atomic E-state index is 0.0891. The van der Waals surface area contributed by atoms with Crippen LogP contribution in [-0.2, 0) is 16.0 Å². The molecule has 0 saturated heterocycles. The summed E-state index contributed by atoms with van der Waals surface area (Å²) in [5, 5.41) is 11.6. The molecular formula is C13H18N2O5. The molecule has 7 nitrogen and oxygen atoms in total. The van der Waals surface area contributed by atoms with Crippen LogP contribution in [0.15, 0.2) is 18.2 Å². The van der Waals surface area contributed by atoms with Gasteiger partial charge in [0.15, 0.2) is 11.5 Å². The summed E-state index contributed by atoms with van der Waals surface area (Å²) in [6, 6.07) is 5.11. The lowest BCUT2D eigenvalue weighted by Crippen LogP contribution is -2.40. The van der Waals surface area contributed by atoms with Gasteiger partial charge in [0, 0.05) is 0 Å². The first-order chi connectivity index (χ1) is 9.47. The molecule has 0 aliphatic heterocycles. The lowest BCUT2D eigenvalue weighted by molar-refractivity contribution is -0.126. The minimum Gasteiger partial charge on any atom is -0.493 e. The molecule has 1 rings (SSSR count). The molecule has 0 aliphatic carbocycles. The summed E-state index contributed by atoms with van der Waals surface area (Å²) in [7, 11) is 3.03. The van der Waals surface area contributed by atoms with Gasteiger partial charge in [0.05, 0.1) is 27.2 Å². The van der Waals surface area contributed by atoms with Gasteiger partial charge in [-0.1, -0.05) is 6.07 Å². The van der Waals surface area contributed by atoms with Crippen LogP contribution in [0.2, 0.25) is 0 Å². The van der Waals surface area contributed by atoms with Gasteiger partial charge in [-0.15, -0.1) is 0 Å². The average molecular weight is 282 g/mol. The molecule has 1 aromatic rings. The maximum Gasteiger partial charge on any atom is 0.248 e. The Labute approximate surface area is 116 Å². The number of amides is 2. The van der Waals surface area contributed by atoms with Gasteiger partial charge in [-0.05, 0) is 17.7 Å². The van der Waals surface area contributed by atoms with Crippen LogP contribution in [0.1, 0.15) is 5.56 Å². The summed E-state index contributed by atoms with van der Waals surface area (Å²) < 4.78 is 10.2. The number of carbonyl (C=O) groups is 2. The van der Waals surface area contributed by atoms with Crippen molar-refractivity contribution in [3.8, 4) is 11.5 Å². The molecule has 0 radical (unpaired) electrons. The first-order valence-electron chi connectivity index (χ1n) is 5.93. The normalized spacial score (nSPS) is 11.6. The van der Waals surface area contributed by atoms with E-state index in [-0.39, 0.29) is 18.9 Å². The molecule has 0 aliphatic rings. The van der Waals surface area contributed by atoms with E-state index in [1.807, 2.05) is 0 Å². The summed E-state index contributed by atoms with van der Waals surface area (Å²) in [6.45, 7) is -0.207. The Morgan fingerprint density at radius 1 is 1.30 bits per heavy atom. The van der Waals surface area contributed by atoms with Gasteiger partial charge in [0.2, 0.25) is 11.8 Å². The lowest BCUT2D eigenvalue weighted by atomic mass is 10.1. The van der Waals surface area contributed by atoms with Crippen molar-refractivity contribution in [1.82, 2.24) is 5.32 Å². The largest absolute Gasteiger partial charge is 0.493 e. The smallest absolute Gasteiger partial charge is 0.248 e. The van der Waals surface area contributed by atoms with E-state index in [4.69, 9.17) is 20.3 Å². The van der Waals surface area contributed by atoms with Crippen LogP contribution in [0.5, 0.6) is 11.5 Å². The van der Waals surface area contributed by atoms with Crippen molar-refractivity contribution >= 4 is 11.8 Å². The van der Waals surface area contributed by atoms with E-state index in [1.165, 1.54) is 14.2 Å². The van der Waals surface area contributed by atoms with Gasteiger partial charge in [-0.3, -0.25) is 9.59 Å². The first-order valence-corrected chi connectivity index (χ1v) is 5.93. The molecule has 110 valence electrons. The Morgan fingerprint density at radius 2 is 1.95 bits per heavy atom. The second-order valence-electron chi connectivity index (χ2n) is 4.09. The molecule has 2 amide bonds. The van der Waals surface area contributed by atoms with Crippen LogP contribution >= 0.6 is 0 Å². The Morgan fingerprint density at radius 3 is 2.50 bits per heavy atom. The van der Waals surface area contributed by atoms with Crippen LogP contribution in [0.4, 0.5) is 0 Å². The summed E-state index contributed by atoms with van der Waals surface area (Å²) >= 11 is 0. The molecule has 7 heteroatoms. The second-order valence-corrected chi connectivity index (χ2v) is 4.09. The fourth-order valence-corrected chi connectivity index (χ4v) is 1.55. The molecule has 0 fully saturated rings. The number of carbonyl (C=O) groups excluding carboxylic acids is 2. The topological polar surface area (TPSA) is 111 Å². The molecule has 1 aromatic carbocycles. The third kappa shape index (κ3) is 4.43. The van der Waals surface area contributed by atoms with E-state index in [0.717, 1.165) is 0 Å². The number of methoxy groups -OCH3 is 2. The van der Waals surface area contributed by atoms with Crippen molar-refractivity contribution in [1.29, 1.82) is 0 Å². The number of nitrogens with two attached hydrogens (primary N) is 1. The third-order valence-electron chi connectivity index (χ3n) is 2.63. The highest BCUT2D eigenvalue weighted by molar-refractivity contribution is 5.82. The summed E-state index contributed by atoms with van der Waals surface area (Å²) in [5.74, 6) is -0.121. The summed E-state index contributed by atoms with van der Waals surface area (Å²) in [4.78, 5) is 22.3. The monoisotopic (exact) mass is 282 g/mol. The Hall–Kier alpha value is -2.28. The number of aliphatic hydroxyl groups excluding tert-OH is 1. The molecule has 1 unspecified atom stereocenters. The number of nitrogens with one attached hydrogen (secondary N) is 1. The van der Waals surface area contributed by atoms with Crippen molar-refractivity contribution in [3.05, 3.63) is 23.8 Å². The molecule has 4 N–H and O–H groups in total. The Balaban J connectivity index is 2.60. The van der Waals surface area contributed by atoms with Crippen molar-refractivity contribution in [2.45, 2.75) is 12.5 Å². The quantitative estimate of drug-likeness (QED) is 0.607. The minimum atomic E-state index is -1.38. The molecule has 0 aromatic heterocycles. The standard InChI is InChI=1S/C13H18N2O5/c1-19-10-4-3-8(5-11(10)20-2)6-12(17)15-7-9(16)13(14)18/h3-5,9,16H,6-7H2,1-2H3,(H2,14,18)(H,15,17). The molecule has 0 heterocycles. The highest BCUT2D eigenvalue weighted by Crippen LogP contribution is 2.27. The number of primary amides is 1. The van der Waals surface area contributed by atoms with Gasteiger partial charge in [-0.2, -0.15) is 0 Å². The highest BCUT2D eigenvalue weighted by atomic mass is 16.5. The van der Waals surface area contributed by atoms with Gasteiger partial charge in [0.1, 0.15) is 6.10 Å². The van der Waals surface area contributed by atoms with Gasteiger partial charge < -0.3 is 25.6 Å². The van der Waals surface area contributed by atoms with E-state index < -0.39 is 12.0 Å². The zero-order valence-corrected chi connectivity index (χ0v) is 11.4. The SMILES string of the molecule is COc1ccc(CC(=O)NCC(O)C(N)=O)cc1OC. The zero-order chi connectivity index (χ0) is 15.1. The van der Waals surface area contributed by atoms with Crippen molar-refractivity contribution in [2.24, 2.45) is 5.73 Å². The maximum atomic E-state index is 11.6. The second kappa shape index (κ2) is 7.34. The van der Waals surface area contributed by atoms with E-state index >= 15 is 0 Å². The van der Waals surface area contributed by atoms with E-state index in [1.54, 1.807) is 18.2 Å². The first kappa shape index (κ1) is 15.8. The van der Waals surface area contributed by atoms with E-state index in [9.17, 15) is 9.59 Å². The number of ether oxygens (including phenoxy) is 2. The third-order valence-corrected chi connectivity index (χ3v) is 2.63. The number of aliphatic hydroxyl groups is 1. The summed E-state index contributed by atoms with van der Waals surface area (Å²) in [6.07, 6.45) is -1.30. The number of rotatable bonds is 7. The fourth-order valence-electron chi connectivity index (χ4n) is 1.55. The Kier molecular flexibility index (Phi) is 5.79. The summed E-state index contributed by atoms with van der Waals surface area (Å²) in [5.41, 5.74) is 5.59. The van der Waals surface area contributed by atoms with Gasteiger partial charge >= 0.3 is 0 Å². The van der Waals surface area contributed by atoms with Crippen molar-refractivity contribution in [2.75, 3.05) is 20.8 Å². The van der Waals surface area contributed by atoms with E-state index in [2.05, 4.69) is 5.32 Å². The molecular weight excluding hydrogens is 264 g/mol. The van der Waals surface area contributed by atoms with Crippen LogP contribution < -0.4 is 20.5 Å². The highest BCUT2D eigenvalue weighted by Gasteiger charge is 2.13. The number of hydrogen-bond acceptors (Lipinski definition) is 5. The van der Waals surface area contributed by atoms with Crippen molar-refractivity contribution in [3.63, 3.8) is 0 Å². The molecule has 0 spiro atoms. The average Bonchev–Trinajstić information content (AvgIpc) is 2.44. The predicted molar refractivity (Wildman–Crippen MR) is 71.5 cm³/mol. The maximum absolute atomic E-state index is 11.6. The van der Waals surface area contributed by atoms with Gasteiger partial charge in [0.25, 0.3) is 0 Å². The molecule has 20 heavy (non-hydrogen) atoms. The van der Waals surface area contributed by atoms with Crippen LogP contribution in [0.25, 0.3) is 0 Å². The van der Waals surface area contributed by atoms with Crippen molar-refractivity contribution < 1.29 is 24.2 Å². The van der Waals surface area contributed by atoms with E-state index in [0.29, 0.717) is 17.1 Å². The fraction of sp³-hybridized carbons (Fsp3) is 0.385. The van der Waals surface area contributed by atoms with Crippen LogP contribution in [0, 0.1) is 0 Å². The Bertz CT molecular complexity index is 490. The molecule has 0 bridgehead atoms. The van der Waals surface area contributed by atoms with Gasteiger partial charge in [-0.25, -0.2) is 0 Å². The predicted octanol–water partition coefficient (Wildman–Crippen LogP) is -0.791. The molecule has 0 saturated carbocycles. The van der Waals surface area contributed by atoms with Crippen LogP contribution in [-0.4, -0.2) is 43.8 Å². The van der Waals surface area contributed by atoms with Crippen LogP contribution in [0.3, 0.4) is 0 Å². The number of hydrogen-bond donors (Lipinski definition) is 3. The zero-order valence-electron chi connectivity index (χ0n) is 11.4. The lowest BCUT2D eigenvalue weighted by Gasteiger charge is -2.11.